The van der Waals surface area contributed by atoms with Gasteiger partial charge in [-0.15, -0.1) is 6.42 Å². The zero-order valence-corrected chi connectivity index (χ0v) is 12.7. The lowest BCUT2D eigenvalue weighted by Gasteiger charge is -2.14. The van der Waals surface area contributed by atoms with Gasteiger partial charge in [0.1, 0.15) is 5.00 Å². The van der Waals surface area contributed by atoms with Crippen molar-refractivity contribution in [1.82, 2.24) is 4.37 Å². The van der Waals surface area contributed by atoms with Crippen LogP contribution >= 0.6 is 27.5 Å². The highest BCUT2D eigenvalue weighted by atomic mass is 79.9. The minimum Gasteiger partial charge on any atom is -0.291 e. The number of terminal acetylenes is 1. The third-order valence-corrected chi connectivity index (χ3v) is 3.88. The smallest absolute Gasteiger partial charge is 0.225 e. The SMILES string of the molecule is C#CCN(C(C)=O)c1cc(-c2ccc(Br)cc2)ns1. The van der Waals surface area contributed by atoms with Gasteiger partial charge in [0.25, 0.3) is 0 Å². The summed E-state index contributed by atoms with van der Waals surface area (Å²) in [5.41, 5.74) is 1.85. The van der Waals surface area contributed by atoms with E-state index in [0.717, 1.165) is 20.7 Å². The molecule has 96 valence electrons. The molecular formula is C14H11BrN2OS. The van der Waals surface area contributed by atoms with E-state index in [-0.39, 0.29) is 12.5 Å². The molecule has 1 aromatic carbocycles. The molecule has 0 bridgehead atoms. The Morgan fingerprint density at radius 3 is 2.74 bits per heavy atom. The van der Waals surface area contributed by atoms with Crippen LogP contribution in [0.1, 0.15) is 6.92 Å². The summed E-state index contributed by atoms with van der Waals surface area (Å²) < 4.78 is 5.38. The van der Waals surface area contributed by atoms with Gasteiger partial charge in [0.2, 0.25) is 5.91 Å². The van der Waals surface area contributed by atoms with Crippen molar-refractivity contribution in [2.75, 3.05) is 11.4 Å². The quantitative estimate of drug-likeness (QED) is 0.804. The summed E-state index contributed by atoms with van der Waals surface area (Å²) in [6.45, 7) is 1.76. The van der Waals surface area contributed by atoms with Gasteiger partial charge in [0, 0.05) is 23.0 Å². The zero-order valence-electron chi connectivity index (χ0n) is 10.3. The van der Waals surface area contributed by atoms with Gasteiger partial charge in [-0.05, 0) is 23.7 Å². The summed E-state index contributed by atoms with van der Waals surface area (Å²) in [6, 6.07) is 9.74. The van der Waals surface area contributed by atoms with Crippen LogP contribution in [-0.2, 0) is 4.79 Å². The van der Waals surface area contributed by atoms with Crippen molar-refractivity contribution in [2.24, 2.45) is 0 Å². The van der Waals surface area contributed by atoms with Crippen molar-refractivity contribution in [2.45, 2.75) is 6.92 Å². The lowest BCUT2D eigenvalue weighted by molar-refractivity contribution is -0.116. The third kappa shape index (κ3) is 3.22. The van der Waals surface area contributed by atoms with Gasteiger partial charge < -0.3 is 0 Å². The Balaban J connectivity index is 2.30. The van der Waals surface area contributed by atoms with E-state index < -0.39 is 0 Å². The second-order valence-electron chi connectivity index (χ2n) is 3.87. The van der Waals surface area contributed by atoms with E-state index in [1.54, 1.807) is 4.90 Å². The maximum Gasteiger partial charge on any atom is 0.225 e. The van der Waals surface area contributed by atoms with Crippen LogP contribution in [0, 0.1) is 12.3 Å². The van der Waals surface area contributed by atoms with Crippen LogP contribution in [0.2, 0.25) is 0 Å². The fourth-order valence-electron chi connectivity index (χ4n) is 1.59. The molecule has 0 radical (unpaired) electrons. The maximum absolute atomic E-state index is 11.5. The summed E-state index contributed by atoms with van der Waals surface area (Å²) in [5.74, 6) is 2.40. The highest BCUT2D eigenvalue weighted by molar-refractivity contribution is 9.10. The van der Waals surface area contributed by atoms with Crippen LogP contribution in [0.5, 0.6) is 0 Å². The lowest BCUT2D eigenvalue weighted by atomic mass is 10.1. The van der Waals surface area contributed by atoms with Crippen molar-refractivity contribution in [3.63, 3.8) is 0 Å². The van der Waals surface area contributed by atoms with E-state index in [1.807, 2.05) is 30.3 Å². The molecule has 3 nitrogen and oxygen atoms in total. The average molecular weight is 335 g/mol. The zero-order chi connectivity index (χ0) is 13.8. The molecule has 0 atom stereocenters. The van der Waals surface area contributed by atoms with Crippen LogP contribution < -0.4 is 4.90 Å². The van der Waals surface area contributed by atoms with Gasteiger partial charge in [0.05, 0.1) is 12.2 Å². The first kappa shape index (κ1) is 13.8. The Morgan fingerprint density at radius 1 is 1.47 bits per heavy atom. The van der Waals surface area contributed by atoms with E-state index in [1.165, 1.54) is 18.5 Å². The van der Waals surface area contributed by atoms with Crippen LogP contribution in [0.25, 0.3) is 11.3 Å². The largest absolute Gasteiger partial charge is 0.291 e. The second-order valence-corrected chi connectivity index (χ2v) is 5.57. The minimum absolute atomic E-state index is 0.0797. The molecule has 0 saturated heterocycles. The predicted molar refractivity (Wildman–Crippen MR) is 82.1 cm³/mol. The number of hydrogen-bond donors (Lipinski definition) is 0. The molecule has 2 rings (SSSR count). The van der Waals surface area contributed by atoms with E-state index in [0.29, 0.717) is 0 Å². The van der Waals surface area contributed by atoms with E-state index in [2.05, 4.69) is 26.2 Å². The number of nitrogens with zero attached hydrogens (tertiary/aromatic N) is 2. The number of halogens is 1. The summed E-state index contributed by atoms with van der Waals surface area (Å²) in [5, 5.41) is 0.767. The van der Waals surface area contributed by atoms with Crippen LogP contribution in [0.4, 0.5) is 5.00 Å². The fourth-order valence-corrected chi connectivity index (χ4v) is 2.66. The molecule has 0 fully saturated rings. The van der Waals surface area contributed by atoms with Crippen molar-refractivity contribution in [3.05, 3.63) is 34.8 Å². The van der Waals surface area contributed by atoms with Gasteiger partial charge in [-0.25, -0.2) is 0 Å². The van der Waals surface area contributed by atoms with Crippen molar-refractivity contribution in [1.29, 1.82) is 0 Å². The Kier molecular flexibility index (Phi) is 4.35. The van der Waals surface area contributed by atoms with Crippen molar-refractivity contribution < 1.29 is 4.79 Å². The molecule has 1 heterocycles. The lowest BCUT2D eigenvalue weighted by Crippen LogP contribution is -2.27. The third-order valence-electron chi connectivity index (χ3n) is 2.53. The number of anilines is 1. The molecule has 0 N–H and O–H groups in total. The molecule has 5 heteroatoms. The van der Waals surface area contributed by atoms with Gasteiger partial charge in [-0.3, -0.25) is 9.69 Å². The Hall–Kier alpha value is -1.64. The number of rotatable bonds is 3. The predicted octanol–water partition coefficient (Wildman–Crippen LogP) is 3.56. The monoisotopic (exact) mass is 334 g/mol. The maximum atomic E-state index is 11.5. The Labute approximate surface area is 124 Å². The van der Waals surface area contributed by atoms with E-state index in [9.17, 15) is 4.79 Å². The number of aromatic nitrogens is 1. The first-order chi connectivity index (χ1) is 9.11. The molecule has 0 aliphatic heterocycles. The Morgan fingerprint density at radius 2 is 2.16 bits per heavy atom. The van der Waals surface area contributed by atoms with Crippen LogP contribution in [0.15, 0.2) is 34.8 Å². The number of amides is 1. The molecule has 19 heavy (non-hydrogen) atoms. The van der Waals surface area contributed by atoms with Crippen LogP contribution in [0.3, 0.4) is 0 Å². The Bertz CT molecular complexity index is 628. The highest BCUT2D eigenvalue weighted by Gasteiger charge is 2.14. The standard InChI is InChI=1S/C14H11BrN2OS/c1-3-8-17(10(2)18)14-9-13(16-19-14)11-4-6-12(15)7-5-11/h1,4-7,9H,8H2,2H3. The number of benzene rings is 1. The molecular weight excluding hydrogens is 324 g/mol. The molecule has 0 saturated carbocycles. The number of carbonyl (C=O) groups is 1. The fraction of sp³-hybridized carbons (Fsp3) is 0.143. The molecule has 0 unspecified atom stereocenters. The van der Waals surface area contributed by atoms with Gasteiger partial charge >= 0.3 is 0 Å². The highest BCUT2D eigenvalue weighted by Crippen LogP contribution is 2.29. The molecule has 1 aromatic heterocycles. The van der Waals surface area contributed by atoms with Crippen molar-refractivity contribution >= 4 is 38.4 Å². The minimum atomic E-state index is -0.0797. The molecule has 0 spiro atoms. The van der Waals surface area contributed by atoms with E-state index >= 15 is 0 Å². The van der Waals surface area contributed by atoms with Gasteiger partial charge in [-0.2, -0.15) is 4.37 Å². The van der Waals surface area contributed by atoms with Gasteiger partial charge in [-0.1, -0.05) is 34.0 Å². The molecule has 0 aliphatic carbocycles. The molecule has 1 amide bonds. The second kappa shape index (κ2) is 6.00. The summed E-state index contributed by atoms with van der Waals surface area (Å²) in [7, 11) is 0. The summed E-state index contributed by atoms with van der Waals surface area (Å²) >= 11 is 4.67. The first-order valence-corrected chi connectivity index (χ1v) is 7.12. The normalized spacial score (nSPS) is 9.95. The average Bonchev–Trinajstić information content (AvgIpc) is 2.85. The van der Waals surface area contributed by atoms with E-state index in [4.69, 9.17) is 6.42 Å². The van der Waals surface area contributed by atoms with Crippen LogP contribution in [-0.4, -0.2) is 16.8 Å². The first-order valence-electron chi connectivity index (χ1n) is 5.56. The number of hydrogen-bond acceptors (Lipinski definition) is 3. The summed E-state index contributed by atoms with van der Waals surface area (Å²) in [6.07, 6.45) is 5.27. The van der Waals surface area contributed by atoms with Crippen molar-refractivity contribution in [3.8, 4) is 23.6 Å². The topological polar surface area (TPSA) is 33.2 Å². The molecule has 2 aromatic rings. The molecule has 0 aliphatic rings. The van der Waals surface area contributed by atoms with Gasteiger partial charge in [0.15, 0.2) is 0 Å². The summed E-state index contributed by atoms with van der Waals surface area (Å²) in [4.78, 5) is 13.1. The number of carbonyl (C=O) groups excluding carboxylic acids is 1.